The van der Waals surface area contributed by atoms with Crippen LogP contribution in [0.4, 0.5) is 13.2 Å². The molecule has 1 amide bonds. The van der Waals surface area contributed by atoms with Crippen LogP contribution in [0, 0.1) is 23.7 Å². The molecule has 30 heavy (non-hydrogen) atoms. The summed E-state index contributed by atoms with van der Waals surface area (Å²) in [6.45, 7) is 4.29. The Morgan fingerprint density at radius 3 is 2.50 bits per heavy atom. The van der Waals surface area contributed by atoms with Gasteiger partial charge in [-0.15, -0.1) is 0 Å². The van der Waals surface area contributed by atoms with Crippen molar-refractivity contribution in [3.05, 3.63) is 0 Å². The Bertz CT molecular complexity index is 599. The monoisotopic (exact) mass is 430 g/mol. The second kappa shape index (κ2) is 9.33. The molecule has 0 spiro atoms. The molecule has 8 heteroatoms. The number of carbonyl (C=O) groups is 1. The van der Waals surface area contributed by atoms with Crippen LogP contribution in [0.15, 0.2) is 0 Å². The molecule has 3 aliphatic heterocycles. The van der Waals surface area contributed by atoms with E-state index in [0.717, 1.165) is 18.9 Å². The Morgan fingerprint density at radius 1 is 0.933 bits per heavy atom. The fraction of sp³-hybridized carbons (Fsp3) is 0.955. The van der Waals surface area contributed by atoms with Crippen molar-refractivity contribution < 1.29 is 18.0 Å². The zero-order chi connectivity index (χ0) is 21.3. The van der Waals surface area contributed by atoms with E-state index in [2.05, 4.69) is 28.2 Å². The molecule has 0 aromatic carbocycles. The van der Waals surface area contributed by atoms with E-state index in [1.54, 1.807) is 0 Å². The highest BCUT2D eigenvalue weighted by Crippen LogP contribution is 2.41. The topological polar surface area (TPSA) is 65.2 Å². The number of amides is 1. The molecule has 8 unspecified atom stereocenters. The first kappa shape index (κ1) is 22.3. The minimum absolute atomic E-state index is 0.0777. The number of halogens is 3. The van der Waals surface area contributed by atoms with Crippen molar-refractivity contribution in [1.29, 1.82) is 0 Å². The predicted octanol–water partition coefficient (Wildman–Crippen LogP) is 2.57. The molecule has 4 N–H and O–H groups in total. The van der Waals surface area contributed by atoms with E-state index in [4.69, 9.17) is 0 Å². The van der Waals surface area contributed by atoms with Crippen molar-refractivity contribution in [2.24, 2.45) is 23.7 Å². The first-order valence-corrected chi connectivity index (χ1v) is 11.9. The second-order valence-electron chi connectivity index (χ2n) is 10.1. The molecule has 0 bridgehead atoms. The van der Waals surface area contributed by atoms with Crippen LogP contribution < -0.4 is 21.3 Å². The van der Waals surface area contributed by atoms with E-state index in [-0.39, 0.29) is 24.8 Å². The van der Waals surface area contributed by atoms with E-state index >= 15 is 0 Å². The number of carbonyl (C=O) groups excluding carboxylic acids is 1. The molecule has 4 aliphatic rings. The van der Waals surface area contributed by atoms with Crippen LogP contribution in [0.2, 0.25) is 0 Å². The van der Waals surface area contributed by atoms with Crippen LogP contribution in [0.1, 0.15) is 58.3 Å². The van der Waals surface area contributed by atoms with Gasteiger partial charge in [0.25, 0.3) is 0 Å². The summed E-state index contributed by atoms with van der Waals surface area (Å²) in [6.07, 6.45) is 3.39. The zero-order valence-electron chi connectivity index (χ0n) is 17.9. The number of nitrogens with one attached hydrogen (secondary N) is 4. The molecule has 1 aliphatic carbocycles. The van der Waals surface area contributed by atoms with Crippen LogP contribution in [0.5, 0.6) is 0 Å². The Hall–Kier alpha value is -0.860. The maximum Gasteiger partial charge on any atom is 0.403 e. The van der Waals surface area contributed by atoms with Gasteiger partial charge < -0.3 is 21.3 Å². The minimum Gasteiger partial charge on any atom is -0.353 e. The SMILES string of the molecule is CC1CC(C(=O)NC2CCNC(C(F)(F)F)C2)CNC1C1CCCC2NCCCC21. The fourth-order valence-corrected chi connectivity index (χ4v) is 6.59. The molecule has 5 nitrogen and oxygen atoms in total. The third-order valence-electron chi connectivity index (χ3n) is 8.09. The van der Waals surface area contributed by atoms with Gasteiger partial charge in [0.2, 0.25) is 5.91 Å². The average molecular weight is 431 g/mol. The van der Waals surface area contributed by atoms with E-state index in [1.165, 1.54) is 32.1 Å². The normalized spacial score (nSPS) is 42.9. The molecule has 1 saturated carbocycles. The lowest BCUT2D eigenvalue weighted by Gasteiger charge is -2.49. The van der Waals surface area contributed by atoms with Crippen molar-refractivity contribution >= 4 is 5.91 Å². The Balaban J connectivity index is 1.30. The number of hydrogen-bond donors (Lipinski definition) is 4. The maximum absolute atomic E-state index is 13.0. The number of alkyl halides is 3. The van der Waals surface area contributed by atoms with E-state index < -0.39 is 18.3 Å². The van der Waals surface area contributed by atoms with Gasteiger partial charge in [0.15, 0.2) is 0 Å². The lowest BCUT2D eigenvalue weighted by atomic mass is 9.65. The molecule has 4 rings (SSSR count). The van der Waals surface area contributed by atoms with Gasteiger partial charge in [-0.05, 0) is 75.8 Å². The van der Waals surface area contributed by atoms with E-state index in [1.807, 2.05) is 0 Å². The second-order valence-corrected chi connectivity index (χ2v) is 10.1. The van der Waals surface area contributed by atoms with Crippen molar-refractivity contribution in [3.63, 3.8) is 0 Å². The van der Waals surface area contributed by atoms with Crippen LogP contribution >= 0.6 is 0 Å². The third-order valence-corrected chi connectivity index (χ3v) is 8.09. The first-order valence-electron chi connectivity index (χ1n) is 11.9. The average Bonchev–Trinajstić information content (AvgIpc) is 2.73. The van der Waals surface area contributed by atoms with Gasteiger partial charge >= 0.3 is 6.18 Å². The summed E-state index contributed by atoms with van der Waals surface area (Å²) in [5.74, 6) is 1.55. The molecule has 8 atom stereocenters. The third kappa shape index (κ3) is 4.96. The van der Waals surface area contributed by atoms with Crippen molar-refractivity contribution in [1.82, 2.24) is 21.3 Å². The molecule has 0 aromatic rings. The molecule has 4 fully saturated rings. The highest BCUT2D eigenvalue weighted by molar-refractivity contribution is 5.79. The minimum atomic E-state index is -4.26. The summed E-state index contributed by atoms with van der Waals surface area (Å²) in [6, 6.07) is -0.831. The summed E-state index contributed by atoms with van der Waals surface area (Å²) in [4.78, 5) is 12.8. The van der Waals surface area contributed by atoms with E-state index in [0.29, 0.717) is 36.9 Å². The lowest BCUT2D eigenvalue weighted by molar-refractivity contribution is -0.162. The Morgan fingerprint density at radius 2 is 1.73 bits per heavy atom. The van der Waals surface area contributed by atoms with E-state index in [9.17, 15) is 18.0 Å². The van der Waals surface area contributed by atoms with Crippen LogP contribution in [0.25, 0.3) is 0 Å². The van der Waals surface area contributed by atoms with Gasteiger partial charge in [-0.1, -0.05) is 13.3 Å². The summed E-state index contributed by atoms with van der Waals surface area (Å²) >= 11 is 0. The van der Waals surface area contributed by atoms with Crippen molar-refractivity contribution in [3.8, 4) is 0 Å². The summed E-state index contributed by atoms with van der Waals surface area (Å²) in [7, 11) is 0. The van der Waals surface area contributed by atoms with Crippen LogP contribution in [-0.4, -0.2) is 55.9 Å². The number of hydrogen-bond acceptors (Lipinski definition) is 4. The lowest BCUT2D eigenvalue weighted by Crippen LogP contribution is -2.58. The number of piperidine rings is 3. The van der Waals surface area contributed by atoms with Gasteiger partial charge in [0.1, 0.15) is 6.04 Å². The standard InChI is InChI=1S/C22H37F3N4O/c1-13-10-14(21(30)29-15-7-9-27-19(11-15)22(23,24)25)12-28-20(13)17-4-2-6-18-16(17)5-3-8-26-18/h13-20,26-28H,2-12H2,1H3,(H,29,30). The Labute approximate surface area is 177 Å². The van der Waals surface area contributed by atoms with Gasteiger partial charge in [-0.25, -0.2) is 0 Å². The molecule has 0 aromatic heterocycles. The largest absolute Gasteiger partial charge is 0.403 e. The number of fused-ring (bicyclic) bond motifs is 1. The van der Waals surface area contributed by atoms with Crippen LogP contribution in [0.3, 0.4) is 0 Å². The van der Waals surface area contributed by atoms with Gasteiger partial charge in [-0.2, -0.15) is 13.2 Å². The molecule has 3 heterocycles. The quantitative estimate of drug-likeness (QED) is 0.556. The highest BCUT2D eigenvalue weighted by atomic mass is 19.4. The summed E-state index contributed by atoms with van der Waals surface area (Å²) in [5.41, 5.74) is 0. The Kier molecular flexibility index (Phi) is 6.95. The smallest absolute Gasteiger partial charge is 0.353 e. The molecule has 3 saturated heterocycles. The molecule has 0 radical (unpaired) electrons. The zero-order valence-corrected chi connectivity index (χ0v) is 17.9. The number of rotatable bonds is 3. The van der Waals surface area contributed by atoms with Gasteiger partial charge in [0.05, 0.1) is 5.92 Å². The molecular weight excluding hydrogens is 393 g/mol. The van der Waals surface area contributed by atoms with Gasteiger partial charge in [-0.3, -0.25) is 4.79 Å². The summed E-state index contributed by atoms with van der Waals surface area (Å²) in [5, 5.41) is 12.8. The molecular formula is C22H37F3N4O. The highest BCUT2D eigenvalue weighted by Gasteiger charge is 2.45. The van der Waals surface area contributed by atoms with Crippen LogP contribution in [-0.2, 0) is 4.79 Å². The fourth-order valence-electron chi connectivity index (χ4n) is 6.59. The predicted molar refractivity (Wildman–Crippen MR) is 110 cm³/mol. The first-order chi connectivity index (χ1) is 14.3. The van der Waals surface area contributed by atoms with Gasteiger partial charge in [0, 0.05) is 24.7 Å². The summed E-state index contributed by atoms with van der Waals surface area (Å²) < 4.78 is 39.0. The maximum atomic E-state index is 13.0. The van der Waals surface area contributed by atoms with Crippen molar-refractivity contribution in [2.75, 3.05) is 19.6 Å². The van der Waals surface area contributed by atoms with Crippen molar-refractivity contribution in [2.45, 2.75) is 88.6 Å². The molecule has 172 valence electrons.